The predicted molar refractivity (Wildman–Crippen MR) is 116 cm³/mol. The van der Waals surface area contributed by atoms with Crippen molar-refractivity contribution in [2.24, 2.45) is 10.7 Å². The van der Waals surface area contributed by atoms with Crippen molar-refractivity contribution in [3.05, 3.63) is 35.4 Å². The smallest absolute Gasteiger partial charge is 0.409 e. The third-order valence-corrected chi connectivity index (χ3v) is 4.49. The summed E-state index contributed by atoms with van der Waals surface area (Å²) < 4.78 is 5.03. The summed E-state index contributed by atoms with van der Waals surface area (Å²) in [6.45, 7) is 6.44. The van der Waals surface area contributed by atoms with E-state index in [0.29, 0.717) is 32.2 Å². The van der Waals surface area contributed by atoms with Gasteiger partial charge in [-0.15, -0.1) is 24.0 Å². The topological polar surface area (TPSA) is 80.0 Å². The number of nitrogens with two attached hydrogens (primary N) is 1. The van der Waals surface area contributed by atoms with Gasteiger partial charge < -0.3 is 20.7 Å². The highest BCUT2D eigenvalue weighted by atomic mass is 127. The molecular formula is C19H31IN4O2. The Morgan fingerprint density at radius 1 is 1.23 bits per heavy atom. The molecule has 7 heteroatoms. The highest BCUT2D eigenvalue weighted by Crippen LogP contribution is 2.11. The van der Waals surface area contributed by atoms with E-state index >= 15 is 0 Å². The van der Waals surface area contributed by atoms with E-state index in [9.17, 15) is 4.79 Å². The Kier molecular flexibility index (Phi) is 10.4. The Hall–Kier alpha value is -1.51. The van der Waals surface area contributed by atoms with E-state index < -0.39 is 0 Å². The van der Waals surface area contributed by atoms with Crippen LogP contribution in [-0.2, 0) is 17.6 Å². The molecule has 1 aromatic carbocycles. The van der Waals surface area contributed by atoms with E-state index in [4.69, 9.17) is 10.5 Å². The van der Waals surface area contributed by atoms with E-state index in [1.54, 1.807) is 4.90 Å². The first-order chi connectivity index (χ1) is 12.1. The molecule has 0 aromatic heterocycles. The SMILES string of the molecule is CCOC(=O)N1CCC(NC(N)=NCCc2ccc(CC)cc2)CC1.I. The van der Waals surface area contributed by atoms with Crippen molar-refractivity contribution in [3.63, 3.8) is 0 Å². The summed E-state index contributed by atoms with van der Waals surface area (Å²) in [5, 5.41) is 3.26. The number of nitrogens with one attached hydrogen (secondary N) is 1. The lowest BCUT2D eigenvalue weighted by molar-refractivity contribution is 0.0963. The van der Waals surface area contributed by atoms with Gasteiger partial charge in [-0.25, -0.2) is 4.79 Å². The quantitative estimate of drug-likeness (QED) is 0.378. The lowest BCUT2D eigenvalue weighted by Crippen LogP contribution is -2.48. The zero-order valence-corrected chi connectivity index (χ0v) is 18.1. The predicted octanol–water partition coefficient (Wildman–Crippen LogP) is 2.93. The molecule has 6 nitrogen and oxygen atoms in total. The van der Waals surface area contributed by atoms with Gasteiger partial charge in [-0.2, -0.15) is 0 Å². The minimum atomic E-state index is -0.225. The number of aliphatic imine (C=N–C) groups is 1. The highest BCUT2D eigenvalue weighted by molar-refractivity contribution is 14.0. The van der Waals surface area contributed by atoms with Crippen molar-refractivity contribution < 1.29 is 9.53 Å². The van der Waals surface area contributed by atoms with Gasteiger partial charge in [0, 0.05) is 25.7 Å². The Balaban J connectivity index is 0.00000338. The molecule has 0 bridgehead atoms. The molecule has 1 aromatic rings. The summed E-state index contributed by atoms with van der Waals surface area (Å²) in [7, 11) is 0. The lowest BCUT2D eigenvalue weighted by atomic mass is 10.1. The number of ether oxygens (including phenoxy) is 1. The van der Waals surface area contributed by atoms with Gasteiger partial charge in [0.1, 0.15) is 0 Å². The fourth-order valence-corrected chi connectivity index (χ4v) is 2.92. The Morgan fingerprint density at radius 2 is 1.85 bits per heavy atom. The number of carbonyl (C=O) groups is 1. The second-order valence-corrected chi connectivity index (χ2v) is 6.29. The van der Waals surface area contributed by atoms with E-state index in [1.807, 2.05) is 6.92 Å². The number of halogens is 1. The zero-order chi connectivity index (χ0) is 18.1. The van der Waals surface area contributed by atoms with Crippen LogP contribution in [0.4, 0.5) is 4.79 Å². The van der Waals surface area contributed by atoms with Gasteiger partial charge >= 0.3 is 6.09 Å². The van der Waals surface area contributed by atoms with Crippen LogP contribution in [0.2, 0.25) is 0 Å². The molecule has 1 fully saturated rings. The van der Waals surface area contributed by atoms with Crippen LogP contribution in [0.5, 0.6) is 0 Å². The number of guanidine groups is 1. The van der Waals surface area contributed by atoms with Crippen LogP contribution < -0.4 is 11.1 Å². The first kappa shape index (κ1) is 22.5. The molecule has 3 N–H and O–H groups in total. The number of carbonyl (C=O) groups excluding carboxylic acids is 1. The number of nitrogens with zero attached hydrogens (tertiary/aromatic N) is 2. The average Bonchev–Trinajstić information content (AvgIpc) is 2.63. The maximum Gasteiger partial charge on any atom is 0.409 e. The summed E-state index contributed by atoms with van der Waals surface area (Å²) in [5.41, 5.74) is 8.61. The van der Waals surface area contributed by atoms with Crippen molar-refractivity contribution in [1.82, 2.24) is 10.2 Å². The number of rotatable bonds is 6. The maximum absolute atomic E-state index is 11.7. The van der Waals surface area contributed by atoms with Gasteiger partial charge in [-0.3, -0.25) is 4.99 Å². The second kappa shape index (κ2) is 12.0. The number of hydrogen-bond acceptors (Lipinski definition) is 3. The molecule has 146 valence electrons. The molecule has 1 amide bonds. The van der Waals surface area contributed by atoms with Gasteiger partial charge in [-0.05, 0) is 43.7 Å². The first-order valence-electron chi connectivity index (χ1n) is 9.18. The van der Waals surface area contributed by atoms with E-state index in [2.05, 4.69) is 41.5 Å². The Bertz CT molecular complexity index is 569. The van der Waals surface area contributed by atoms with Gasteiger partial charge in [0.2, 0.25) is 0 Å². The fraction of sp³-hybridized carbons (Fsp3) is 0.579. The van der Waals surface area contributed by atoms with Gasteiger partial charge in [0.25, 0.3) is 0 Å². The highest BCUT2D eigenvalue weighted by Gasteiger charge is 2.23. The summed E-state index contributed by atoms with van der Waals surface area (Å²) in [4.78, 5) is 17.8. The molecule has 0 aliphatic carbocycles. The molecule has 0 spiro atoms. The summed E-state index contributed by atoms with van der Waals surface area (Å²) in [6.07, 6.45) is 3.43. The first-order valence-corrected chi connectivity index (χ1v) is 9.18. The van der Waals surface area contributed by atoms with E-state index in [0.717, 1.165) is 25.7 Å². The number of piperidine rings is 1. The third kappa shape index (κ3) is 7.39. The Morgan fingerprint density at radius 3 is 2.42 bits per heavy atom. The van der Waals surface area contributed by atoms with Crippen LogP contribution in [0, 0.1) is 0 Å². The molecule has 2 rings (SSSR count). The molecule has 0 atom stereocenters. The standard InChI is InChI=1S/C19H30N4O2.HI/c1-3-15-5-7-16(8-6-15)9-12-21-18(20)22-17-10-13-23(14-11-17)19(24)25-4-2;/h5-8,17H,3-4,9-14H2,1-2H3,(H3,20,21,22);1H. The van der Waals surface area contributed by atoms with Crippen molar-refractivity contribution in [2.45, 2.75) is 45.6 Å². The molecule has 0 saturated carbocycles. The van der Waals surface area contributed by atoms with E-state index in [-0.39, 0.29) is 36.1 Å². The molecular weight excluding hydrogens is 443 g/mol. The minimum Gasteiger partial charge on any atom is -0.450 e. The number of amides is 1. The largest absolute Gasteiger partial charge is 0.450 e. The molecule has 0 unspecified atom stereocenters. The fourth-order valence-electron chi connectivity index (χ4n) is 2.92. The minimum absolute atomic E-state index is 0. The summed E-state index contributed by atoms with van der Waals surface area (Å²) in [6, 6.07) is 8.90. The van der Waals surface area contributed by atoms with Crippen LogP contribution in [0.25, 0.3) is 0 Å². The zero-order valence-electron chi connectivity index (χ0n) is 15.7. The number of benzene rings is 1. The number of likely N-dealkylation sites (tertiary alicyclic amines) is 1. The third-order valence-electron chi connectivity index (χ3n) is 4.49. The van der Waals surface area contributed by atoms with Gasteiger partial charge in [0.15, 0.2) is 5.96 Å². The monoisotopic (exact) mass is 474 g/mol. The average molecular weight is 474 g/mol. The van der Waals surface area contributed by atoms with Crippen molar-refractivity contribution >= 4 is 36.0 Å². The number of hydrogen-bond donors (Lipinski definition) is 2. The molecule has 1 heterocycles. The summed E-state index contributed by atoms with van der Waals surface area (Å²) in [5.74, 6) is 0.486. The second-order valence-electron chi connectivity index (χ2n) is 6.29. The van der Waals surface area contributed by atoms with Crippen LogP contribution in [0.3, 0.4) is 0 Å². The van der Waals surface area contributed by atoms with Gasteiger partial charge in [0.05, 0.1) is 6.61 Å². The summed E-state index contributed by atoms with van der Waals surface area (Å²) >= 11 is 0. The lowest BCUT2D eigenvalue weighted by Gasteiger charge is -2.31. The Labute approximate surface area is 173 Å². The van der Waals surface area contributed by atoms with Crippen LogP contribution in [0.1, 0.15) is 37.8 Å². The van der Waals surface area contributed by atoms with Gasteiger partial charge in [-0.1, -0.05) is 31.2 Å². The molecule has 0 radical (unpaired) electrons. The molecule has 1 aliphatic heterocycles. The number of aryl methyl sites for hydroxylation is 1. The van der Waals surface area contributed by atoms with Crippen LogP contribution >= 0.6 is 24.0 Å². The van der Waals surface area contributed by atoms with Crippen LogP contribution in [-0.4, -0.2) is 49.2 Å². The van der Waals surface area contributed by atoms with Crippen molar-refractivity contribution in [1.29, 1.82) is 0 Å². The normalized spacial score (nSPS) is 15.3. The molecule has 1 aliphatic rings. The van der Waals surface area contributed by atoms with Crippen molar-refractivity contribution in [3.8, 4) is 0 Å². The van der Waals surface area contributed by atoms with E-state index in [1.165, 1.54) is 11.1 Å². The maximum atomic E-state index is 11.7. The molecule has 26 heavy (non-hydrogen) atoms. The van der Waals surface area contributed by atoms with Crippen LogP contribution in [0.15, 0.2) is 29.3 Å². The molecule has 1 saturated heterocycles. The van der Waals surface area contributed by atoms with Crippen molar-refractivity contribution in [2.75, 3.05) is 26.2 Å².